The van der Waals surface area contributed by atoms with Crippen molar-refractivity contribution in [3.63, 3.8) is 0 Å². The van der Waals surface area contributed by atoms with Gasteiger partial charge in [-0.05, 0) is 26.8 Å². The topological polar surface area (TPSA) is 64.7 Å². The minimum atomic E-state index is -0.618. The maximum atomic E-state index is 9.64. The number of rotatable bonds is 7. The Bertz CT molecular complexity index is 366. The zero-order chi connectivity index (χ0) is 13.5. The van der Waals surface area contributed by atoms with Crippen LogP contribution in [0.3, 0.4) is 0 Å². The molecule has 0 spiro atoms. The lowest BCUT2D eigenvalue weighted by Crippen LogP contribution is -2.24. The summed E-state index contributed by atoms with van der Waals surface area (Å²) < 4.78 is 10.7. The largest absolute Gasteiger partial charge is 0.490 e. The van der Waals surface area contributed by atoms with E-state index in [1.807, 2.05) is 39.0 Å². The molecule has 0 bridgehead atoms. The molecule has 102 valence electrons. The molecule has 18 heavy (non-hydrogen) atoms. The first-order valence-electron chi connectivity index (χ1n) is 6.29. The highest BCUT2D eigenvalue weighted by Crippen LogP contribution is 2.25. The molecule has 1 aromatic carbocycles. The van der Waals surface area contributed by atoms with Crippen molar-refractivity contribution in [1.82, 2.24) is 0 Å². The Kier molecular flexibility index (Phi) is 6.12. The second-order valence-corrected chi connectivity index (χ2v) is 4.45. The molecule has 0 amide bonds. The van der Waals surface area contributed by atoms with Gasteiger partial charge in [0.15, 0.2) is 0 Å². The third-order valence-corrected chi connectivity index (χ3v) is 2.60. The van der Waals surface area contributed by atoms with Crippen molar-refractivity contribution < 1.29 is 14.6 Å². The summed E-state index contributed by atoms with van der Waals surface area (Å²) in [6.07, 6.45) is -0.618. The van der Waals surface area contributed by atoms with E-state index in [4.69, 9.17) is 15.2 Å². The highest BCUT2D eigenvalue weighted by atomic mass is 16.5. The van der Waals surface area contributed by atoms with Crippen molar-refractivity contribution in [3.8, 4) is 5.75 Å². The number of benzene rings is 1. The molecule has 0 aliphatic carbocycles. The van der Waals surface area contributed by atoms with Crippen molar-refractivity contribution in [1.29, 1.82) is 0 Å². The standard InChI is InChI=1S/C14H23NO3/c1-4-17-8-12(16)9-18-14-6-5-10(2)7-13(14)11(3)15/h5-7,11-12,16H,4,8-9,15H2,1-3H3/t11-,12?/m1/s1. The van der Waals surface area contributed by atoms with Gasteiger partial charge in [0, 0.05) is 18.2 Å². The Hall–Kier alpha value is -1.10. The SMILES string of the molecule is CCOCC(O)COc1ccc(C)cc1[C@@H](C)N. The normalized spacial score (nSPS) is 14.3. The number of ether oxygens (including phenoxy) is 2. The van der Waals surface area contributed by atoms with Crippen LogP contribution in [0, 0.1) is 6.92 Å². The third-order valence-electron chi connectivity index (χ3n) is 2.60. The summed E-state index contributed by atoms with van der Waals surface area (Å²) in [7, 11) is 0. The zero-order valence-electron chi connectivity index (χ0n) is 11.3. The average molecular weight is 253 g/mol. The van der Waals surface area contributed by atoms with Gasteiger partial charge in [-0.3, -0.25) is 0 Å². The van der Waals surface area contributed by atoms with E-state index in [2.05, 4.69) is 0 Å². The lowest BCUT2D eigenvalue weighted by atomic mass is 10.1. The second-order valence-electron chi connectivity index (χ2n) is 4.45. The van der Waals surface area contributed by atoms with Crippen LogP contribution in [0.25, 0.3) is 0 Å². The van der Waals surface area contributed by atoms with Gasteiger partial charge in [-0.1, -0.05) is 17.7 Å². The van der Waals surface area contributed by atoms with Crippen molar-refractivity contribution in [3.05, 3.63) is 29.3 Å². The minimum absolute atomic E-state index is 0.0936. The number of nitrogens with two attached hydrogens (primary N) is 1. The van der Waals surface area contributed by atoms with E-state index in [1.54, 1.807) is 0 Å². The fourth-order valence-electron chi connectivity index (χ4n) is 1.64. The predicted molar refractivity (Wildman–Crippen MR) is 71.8 cm³/mol. The number of aliphatic hydroxyl groups excluding tert-OH is 1. The smallest absolute Gasteiger partial charge is 0.124 e. The molecule has 2 atom stereocenters. The van der Waals surface area contributed by atoms with Gasteiger partial charge in [-0.25, -0.2) is 0 Å². The lowest BCUT2D eigenvalue weighted by molar-refractivity contribution is 0.0162. The van der Waals surface area contributed by atoms with E-state index in [-0.39, 0.29) is 19.3 Å². The van der Waals surface area contributed by atoms with E-state index in [9.17, 15) is 5.11 Å². The molecule has 0 fully saturated rings. The molecule has 0 saturated heterocycles. The van der Waals surface area contributed by atoms with E-state index in [0.717, 1.165) is 16.9 Å². The summed E-state index contributed by atoms with van der Waals surface area (Å²) in [6, 6.07) is 5.77. The van der Waals surface area contributed by atoms with Crippen molar-refractivity contribution in [2.45, 2.75) is 32.9 Å². The van der Waals surface area contributed by atoms with Gasteiger partial charge in [0.05, 0.1) is 6.61 Å². The van der Waals surface area contributed by atoms with E-state index < -0.39 is 6.10 Å². The van der Waals surface area contributed by atoms with Crippen molar-refractivity contribution >= 4 is 0 Å². The average Bonchev–Trinajstić information content (AvgIpc) is 2.34. The first kappa shape index (κ1) is 15.0. The fourth-order valence-corrected chi connectivity index (χ4v) is 1.64. The van der Waals surface area contributed by atoms with Gasteiger partial charge in [0.1, 0.15) is 18.5 Å². The van der Waals surface area contributed by atoms with Crippen LogP contribution >= 0.6 is 0 Å². The summed E-state index contributed by atoms with van der Waals surface area (Å²) in [4.78, 5) is 0. The molecular formula is C14H23NO3. The summed E-state index contributed by atoms with van der Waals surface area (Å²) in [6.45, 7) is 6.91. The molecule has 4 heteroatoms. The molecule has 4 nitrogen and oxygen atoms in total. The van der Waals surface area contributed by atoms with Gasteiger partial charge < -0.3 is 20.3 Å². The Labute approximate surface area is 109 Å². The van der Waals surface area contributed by atoms with Crippen LogP contribution in [-0.4, -0.2) is 31.0 Å². The van der Waals surface area contributed by atoms with Crippen LogP contribution in [0.1, 0.15) is 31.0 Å². The van der Waals surface area contributed by atoms with Crippen LogP contribution in [0.2, 0.25) is 0 Å². The van der Waals surface area contributed by atoms with Crippen molar-refractivity contribution in [2.75, 3.05) is 19.8 Å². The Morgan fingerprint density at radius 2 is 2.06 bits per heavy atom. The van der Waals surface area contributed by atoms with Crippen LogP contribution in [0.15, 0.2) is 18.2 Å². The number of hydrogen-bond donors (Lipinski definition) is 2. The lowest BCUT2D eigenvalue weighted by Gasteiger charge is -2.17. The number of hydrogen-bond acceptors (Lipinski definition) is 4. The Morgan fingerprint density at radius 1 is 1.33 bits per heavy atom. The van der Waals surface area contributed by atoms with Gasteiger partial charge in [0.25, 0.3) is 0 Å². The maximum absolute atomic E-state index is 9.64. The molecular weight excluding hydrogens is 230 g/mol. The summed E-state index contributed by atoms with van der Waals surface area (Å²) in [5, 5.41) is 9.64. The van der Waals surface area contributed by atoms with Gasteiger partial charge >= 0.3 is 0 Å². The molecule has 0 heterocycles. The minimum Gasteiger partial charge on any atom is -0.490 e. The zero-order valence-corrected chi connectivity index (χ0v) is 11.3. The number of aliphatic hydroxyl groups is 1. The summed E-state index contributed by atoms with van der Waals surface area (Å²) >= 11 is 0. The van der Waals surface area contributed by atoms with Crippen molar-refractivity contribution in [2.24, 2.45) is 5.73 Å². The molecule has 0 aliphatic heterocycles. The van der Waals surface area contributed by atoms with E-state index >= 15 is 0 Å². The third kappa shape index (κ3) is 4.64. The number of aryl methyl sites for hydroxylation is 1. The molecule has 0 aromatic heterocycles. The van der Waals surface area contributed by atoms with E-state index in [1.165, 1.54) is 0 Å². The van der Waals surface area contributed by atoms with Crippen LogP contribution in [0.4, 0.5) is 0 Å². The first-order chi connectivity index (χ1) is 8.54. The highest BCUT2D eigenvalue weighted by molar-refractivity contribution is 5.38. The van der Waals surface area contributed by atoms with Gasteiger partial charge in [-0.2, -0.15) is 0 Å². The first-order valence-corrected chi connectivity index (χ1v) is 6.29. The highest BCUT2D eigenvalue weighted by Gasteiger charge is 2.11. The Balaban J connectivity index is 2.61. The van der Waals surface area contributed by atoms with Gasteiger partial charge in [0.2, 0.25) is 0 Å². The summed E-state index contributed by atoms with van der Waals surface area (Å²) in [5.74, 6) is 0.728. The predicted octanol–water partition coefficient (Wildman–Crippen LogP) is 1.79. The molecule has 1 rings (SSSR count). The van der Waals surface area contributed by atoms with E-state index in [0.29, 0.717) is 6.61 Å². The molecule has 3 N–H and O–H groups in total. The quantitative estimate of drug-likeness (QED) is 0.777. The molecule has 1 unspecified atom stereocenters. The molecule has 1 aromatic rings. The summed E-state index contributed by atoms with van der Waals surface area (Å²) in [5.41, 5.74) is 8.00. The fraction of sp³-hybridized carbons (Fsp3) is 0.571. The van der Waals surface area contributed by atoms with Crippen LogP contribution in [0.5, 0.6) is 5.75 Å². The Morgan fingerprint density at radius 3 is 2.67 bits per heavy atom. The molecule has 0 saturated carbocycles. The second kappa shape index (κ2) is 7.36. The maximum Gasteiger partial charge on any atom is 0.124 e. The van der Waals surface area contributed by atoms with Crippen LogP contribution in [-0.2, 0) is 4.74 Å². The van der Waals surface area contributed by atoms with Crippen LogP contribution < -0.4 is 10.5 Å². The molecule has 0 radical (unpaired) electrons. The van der Waals surface area contributed by atoms with Gasteiger partial charge in [-0.15, -0.1) is 0 Å². The monoisotopic (exact) mass is 253 g/mol. The molecule has 0 aliphatic rings.